The van der Waals surface area contributed by atoms with Crippen molar-refractivity contribution < 1.29 is 13.6 Å². The van der Waals surface area contributed by atoms with Gasteiger partial charge in [0.2, 0.25) is 0 Å². The Hall–Kier alpha value is -1.81. The second-order valence-corrected chi connectivity index (χ2v) is 4.12. The van der Waals surface area contributed by atoms with Crippen LogP contribution in [0.25, 0.3) is 0 Å². The minimum atomic E-state index is -0.534. The van der Waals surface area contributed by atoms with Crippen molar-refractivity contribution in [2.45, 2.75) is 6.42 Å². The van der Waals surface area contributed by atoms with E-state index >= 15 is 0 Å². The minimum Gasteiger partial charge on any atom is -0.292 e. The van der Waals surface area contributed by atoms with Crippen molar-refractivity contribution in [1.29, 1.82) is 0 Å². The molecule has 0 amide bonds. The molecule has 0 aliphatic rings. The van der Waals surface area contributed by atoms with Crippen molar-refractivity contribution in [3.8, 4) is 0 Å². The number of carbonyl (C=O) groups is 1. The van der Waals surface area contributed by atoms with Crippen molar-refractivity contribution in [1.82, 2.24) is 4.98 Å². The van der Waals surface area contributed by atoms with Crippen LogP contribution >= 0.6 is 11.6 Å². The zero-order chi connectivity index (χ0) is 13.1. The fraction of sp³-hybridized carbons (Fsp3) is 0.0769. The SMILES string of the molecule is O=C(Cc1ccc(F)c(Cl)c1)c1ccc(F)cn1. The van der Waals surface area contributed by atoms with Crippen molar-refractivity contribution in [3.05, 3.63) is 64.4 Å². The first-order valence-corrected chi connectivity index (χ1v) is 5.53. The molecule has 0 aliphatic carbocycles. The van der Waals surface area contributed by atoms with Gasteiger partial charge in [-0.05, 0) is 29.8 Å². The molecule has 0 N–H and O–H groups in total. The quantitative estimate of drug-likeness (QED) is 0.798. The Bertz CT molecular complexity index is 584. The second kappa shape index (κ2) is 5.23. The minimum absolute atomic E-state index is 0.0348. The van der Waals surface area contributed by atoms with E-state index in [1.165, 1.54) is 24.3 Å². The highest BCUT2D eigenvalue weighted by Gasteiger charge is 2.10. The third-order valence-electron chi connectivity index (χ3n) is 2.36. The third-order valence-corrected chi connectivity index (χ3v) is 2.65. The highest BCUT2D eigenvalue weighted by Crippen LogP contribution is 2.17. The van der Waals surface area contributed by atoms with Crippen molar-refractivity contribution in [2.75, 3.05) is 0 Å². The van der Waals surface area contributed by atoms with E-state index < -0.39 is 11.6 Å². The second-order valence-electron chi connectivity index (χ2n) is 3.71. The lowest BCUT2D eigenvalue weighted by Crippen LogP contribution is -2.06. The zero-order valence-corrected chi connectivity index (χ0v) is 9.92. The van der Waals surface area contributed by atoms with Crippen LogP contribution in [0.3, 0.4) is 0 Å². The molecule has 1 heterocycles. The number of ketones is 1. The summed E-state index contributed by atoms with van der Waals surface area (Å²) in [5, 5.41) is -0.0348. The summed E-state index contributed by atoms with van der Waals surface area (Å²) in [4.78, 5) is 15.5. The van der Waals surface area contributed by atoms with E-state index in [4.69, 9.17) is 11.6 Å². The average Bonchev–Trinajstić information content (AvgIpc) is 2.34. The van der Waals surface area contributed by atoms with Crippen LogP contribution in [0.4, 0.5) is 8.78 Å². The summed E-state index contributed by atoms with van der Waals surface area (Å²) in [6.45, 7) is 0. The molecule has 0 radical (unpaired) electrons. The largest absolute Gasteiger partial charge is 0.292 e. The van der Waals surface area contributed by atoms with Crippen LogP contribution in [0.5, 0.6) is 0 Å². The Balaban J connectivity index is 2.16. The molecule has 0 saturated carbocycles. The number of pyridine rings is 1. The topological polar surface area (TPSA) is 30.0 Å². The number of carbonyl (C=O) groups excluding carboxylic acids is 1. The van der Waals surface area contributed by atoms with Gasteiger partial charge in [-0.15, -0.1) is 0 Å². The number of halogens is 3. The van der Waals surface area contributed by atoms with Gasteiger partial charge in [0.15, 0.2) is 5.78 Å². The normalized spacial score (nSPS) is 10.4. The lowest BCUT2D eigenvalue weighted by molar-refractivity contribution is 0.0988. The Morgan fingerprint density at radius 2 is 2.00 bits per heavy atom. The van der Waals surface area contributed by atoms with E-state index in [0.717, 1.165) is 12.3 Å². The molecule has 92 valence electrons. The summed E-state index contributed by atoms with van der Waals surface area (Å²) in [5.41, 5.74) is 0.745. The highest BCUT2D eigenvalue weighted by molar-refractivity contribution is 6.30. The Labute approximate surface area is 107 Å². The molecule has 0 spiro atoms. The Kier molecular flexibility index (Phi) is 3.67. The number of nitrogens with zero attached hydrogens (tertiary/aromatic N) is 1. The van der Waals surface area contributed by atoms with Gasteiger partial charge in [0.05, 0.1) is 11.2 Å². The van der Waals surface area contributed by atoms with E-state index in [-0.39, 0.29) is 22.9 Å². The first kappa shape index (κ1) is 12.6. The highest BCUT2D eigenvalue weighted by atomic mass is 35.5. The molecule has 0 saturated heterocycles. The van der Waals surface area contributed by atoms with Crippen LogP contribution in [-0.4, -0.2) is 10.8 Å². The molecule has 1 aromatic heterocycles. The van der Waals surface area contributed by atoms with E-state index in [0.29, 0.717) is 5.56 Å². The maximum Gasteiger partial charge on any atom is 0.185 e. The first-order chi connectivity index (χ1) is 8.56. The van der Waals surface area contributed by atoms with Crippen LogP contribution in [0, 0.1) is 11.6 Å². The molecule has 18 heavy (non-hydrogen) atoms. The lowest BCUT2D eigenvalue weighted by atomic mass is 10.1. The van der Waals surface area contributed by atoms with E-state index in [1.54, 1.807) is 0 Å². The Morgan fingerprint density at radius 3 is 2.61 bits per heavy atom. The van der Waals surface area contributed by atoms with Gasteiger partial charge in [-0.1, -0.05) is 17.7 Å². The molecule has 0 aliphatic heterocycles. The van der Waals surface area contributed by atoms with Gasteiger partial charge in [-0.3, -0.25) is 9.78 Å². The predicted molar refractivity (Wildman–Crippen MR) is 63.6 cm³/mol. The van der Waals surface area contributed by atoms with E-state index in [2.05, 4.69) is 4.98 Å². The summed E-state index contributed by atoms with van der Waals surface area (Å²) in [6.07, 6.45) is 1.02. The summed E-state index contributed by atoms with van der Waals surface area (Å²) >= 11 is 5.61. The first-order valence-electron chi connectivity index (χ1n) is 5.15. The molecule has 2 aromatic rings. The van der Waals surface area contributed by atoms with Crippen molar-refractivity contribution >= 4 is 17.4 Å². The number of rotatable bonds is 3. The number of aromatic nitrogens is 1. The molecule has 0 fully saturated rings. The van der Waals surface area contributed by atoms with Crippen LogP contribution in [0.15, 0.2) is 36.5 Å². The summed E-state index contributed by atoms with van der Waals surface area (Å²) in [7, 11) is 0. The fourth-order valence-electron chi connectivity index (χ4n) is 1.47. The molecule has 2 rings (SSSR count). The van der Waals surface area contributed by atoms with Crippen LogP contribution in [0.1, 0.15) is 16.1 Å². The summed E-state index contributed by atoms with van der Waals surface area (Å²) in [6, 6.07) is 6.53. The van der Waals surface area contributed by atoms with Gasteiger partial charge in [-0.2, -0.15) is 0 Å². The molecular weight excluding hydrogens is 260 g/mol. The van der Waals surface area contributed by atoms with Gasteiger partial charge in [0.1, 0.15) is 17.3 Å². The maximum atomic E-state index is 12.9. The number of benzene rings is 1. The number of Topliss-reactive ketones (excluding diaryl/α,β-unsaturated/α-hetero) is 1. The molecule has 5 heteroatoms. The smallest absolute Gasteiger partial charge is 0.185 e. The zero-order valence-electron chi connectivity index (χ0n) is 9.16. The van der Waals surface area contributed by atoms with Gasteiger partial charge in [0, 0.05) is 6.42 Å². The number of hydrogen-bond donors (Lipinski definition) is 0. The molecule has 0 unspecified atom stereocenters. The third kappa shape index (κ3) is 2.90. The Morgan fingerprint density at radius 1 is 1.22 bits per heavy atom. The molecule has 0 bridgehead atoms. The molecular formula is C13H8ClF2NO. The average molecular weight is 268 g/mol. The fourth-order valence-corrected chi connectivity index (χ4v) is 1.67. The molecule has 1 aromatic carbocycles. The standard InChI is InChI=1S/C13H8ClF2NO/c14-10-5-8(1-3-11(10)16)6-13(18)12-4-2-9(15)7-17-12/h1-5,7H,6H2. The molecule has 2 nitrogen and oxygen atoms in total. The maximum absolute atomic E-state index is 12.9. The van der Waals surface area contributed by atoms with Crippen LogP contribution in [-0.2, 0) is 6.42 Å². The van der Waals surface area contributed by atoms with Crippen LogP contribution < -0.4 is 0 Å². The van der Waals surface area contributed by atoms with Gasteiger partial charge >= 0.3 is 0 Å². The van der Waals surface area contributed by atoms with Gasteiger partial charge in [-0.25, -0.2) is 8.78 Å². The van der Waals surface area contributed by atoms with Gasteiger partial charge in [0.25, 0.3) is 0 Å². The number of hydrogen-bond acceptors (Lipinski definition) is 2. The monoisotopic (exact) mass is 267 g/mol. The van der Waals surface area contributed by atoms with Gasteiger partial charge < -0.3 is 0 Å². The lowest BCUT2D eigenvalue weighted by Gasteiger charge is -2.02. The van der Waals surface area contributed by atoms with E-state index in [9.17, 15) is 13.6 Å². The summed E-state index contributed by atoms with van der Waals surface area (Å²) < 4.78 is 25.6. The van der Waals surface area contributed by atoms with E-state index in [1.807, 2.05) is 0 Å². The molecule has 0 atom stereocenters. The predicted octanol–water partition coefficient (Wildman–Crippen LogP) is 3.44. The van der Waals surface area contributed by atoms with Crippen LogP contribution in [0.2, 0.25) is 5.02 Å². The van der Waals surface area contributed by atoms with Crippen molar-refractivity contribution in [3.63, 3.8) is 0 Å². The summed E-state index contributed by atoms with van der Waals surface area (Å²) in [5.74, 6) is -1.32. The van der Waals surface area contributed by atoms with Crippen molar-refractivity contribution in [2.24, 2.45) is 0 Å².